The van der Waals surface area contributed by atoms with Crippen LogP contribution >= 0.6 is 23.2 Å². The van der Waals surface area contributed by atoms with Crippen LogP contribution in [0.1, 0.15) is 83.1 Å². The van der Waals surface area contributed by atoms with Gasteiger partial charge in [-0.1, -0.05) is 95.8 Å². The molecule has 0 aliphatic carbocycles. The van der Waals surface area contributed by atoms with E-state index in [-0.39, 0.29) is 33.6 Å². The molecule has 0 bridgehead atoms. The van der Waals surface area contributed by atoms with Crippen LogP contribution in [0.5, 0.6) is 11.5 Å². The van der Waals surface area contributed by atoms with Gasteiger partial charge in [-0.2, -0.15) is 0 Å². The van der Waals surface area contributed by atoms with Crippen LogP contribution in [0.25, 0.3) is 0 Å². The number of benzene rings is 5. The molecular formula is C42H42Cl2F2O7. The Hall–Kier alpha value is -4.96. The van der Waals surface area contributed by atoms with Crippen molar-refractivity contribution >= 4 is 35.1 Å². The molecule has 0 radical (unpaired) electrons. The average Bonchev–Trinajstić information content (AvgIpc) is 3.11. The van der Waals surface area contributed by atoms with Gasteiger partial charge in [0.15, 0.2) is 0 Å². The molecule has 5 rings (SSSR count). The maximum atomic E-state index is 14.2. The van der Waals surface area contributed by atoms with Gasteiger partial charge in [0.05, 0.1) is 21.7 Å². The molecule has 2 N–H and O–H groups in total. The minimum Gasteiger partial charge on any atom is -0.489 e. The van der Waals surface area contributed by atoms with Gasteiger partial charge >= 0.3 is 11.9 Å². The van der Waals surface area contributed by atoms with Crippen LogP contribution in [0, 0.1) is 25.5 Å². The largest absolute Gasteiger partial charge is 0.489 e. The summed E-state index contributed by atoms with van der Waals surface area (Å²) in [6, 6.07) is 29.6. The van der Waals surface area contributed by atoms with Crippen LogP contribution in [-0.4, -0.2) is 22.2 Å². The zero-order valence-electron chi connectivity index (χ0n) is 30.0. The normalized spacial score (nSPS) is 11.5. The molecule has 2 unspecified atom stereocenters. The fourth-order valence-electron chi connectivity index (χ4n) is 4.61. The van der Waals surface area contributed by atoms with Crippen LogP contribution in [0.4, 0.5) is 8.78 Å². The van der Waals surface area contributed by atoms with Gasteiger partial charge < -0.3 is 24.4 Å². The van der Waals surface area contributed by atoms with Crippen molar-refractivity contribution in [1.82, 2.24) is 0 Å². The number of carboxylic acids is 1. The van der Waals surface area contributed by atoms with E-state index in [1.807, 2.05) is 62.4 Å². The van der Waals surface area contributed by atoms with Gasteiger partial charge in [0.2, 0.25) is 0 Å². The van der Waals surface area contributed by atoms with Crippen molar-refractivity contribution in [2.45, 2.75) is 66.5 Å². The number of aliphatic hydroxyl groups is 1. The topological polar surface area (TPSA) is 102 Å². The van der Waals surface area contributed by atoms with Gasteiger partial charge in [-0.25, -0.2) is 13.6 Å². The monoisotopic (exact) mass is 766 g/mol. The van der Waals surface area contributed by atoms with Crippen molar-refractivity contribution in [3.05, 3.63) is 164 Å². The van der Waals surface area contributed by atoms with E-state index in [0.29, 0.717) is 30.3 Å². The third-order valence-electron chi connectivity index (χ3n) is 7.66. The SMILES string of the molecule is CCC(=O)OC(C)c1ccc(OCc2ccc(C)cc2)cc1F.Cc1ccc(COc2ccc(C(C)O)c(F)c2)cc1.O=C(O)c1c(Cl)cccc1Cl. The van der Waals surface area contributed by atoms with Crippen molar-refractivity contribution in [3.8, 4) is 11.5 Å². The first-order chi connectivity index (χ1) is 25.2. The molecule has 5 aromatic carbocycles. The van der Waals surface area contributed by atoms with Gasteiger partial charge in [0, 0.05) is 29.7 Å². The Kier molecular flexibility index (Phi) is 16.8. The number of ether oxygens (including phenoxy) is 3. The summed E-state index contributed by atoms with van der Waals surface area (Å²) in [5.41, 5.74) is 5.00. The van der Waals surface area contributed by atoms with E-state index < -0.39 is 29.8 Å². The average molecular weight is 768 g/mol. The number of carbonyl (C=O) groups excluding carboxylic acids is 1. The summed E-state index contributed by atoms with van der Waals surface area (Å²) in [5.74, 6) is -1.44. The van der Waals surface area contributed by atoms with Crippen molar-refractivity contribution in [2.24, 2.45) is 0 Å². The molecule has 0 aromatic heterocycles. The summed E-state index contributed by atoms with van der Waals surface area (Å²) in [4.78, 5) is 21.8. The number of aromatic carboxylic acids is 1. The van der Waals surface area contributed by atoms with Gasteiger partial charge in [0.25, 0.3) is 0 Å². The fraction of sp³-hybridized carbons (Fsp3) is 0.238. The molecule has 0 saturated heterocycles. The number of carbonyl (C=O) groups is 2. The highest BCUT2D eigenvalue weighted by Gasteiger charge is 2.16. The first-order valence-corrected chi connectivity index (χ1v) is 17.4. The van der Waals surface area contributed by atoms with Gasteiger partial charge in [-0.15, -0.1) is 0 Å². The second kappa shape index (κ2) is 20.9. The van der Waals surface area contributed by atoms with E-state index in [0.717, 1.165) is 11.1 Å². The van der Waals surface area contributed by atoms with Crippen molar-refractivity contribution in [1.29, 1.82) is 0 Å². The lowest BCUT2D eigenvalue weighted by atomic mass is 10.1. The van der Waals surface area contributed by atoms with E-state index in [2.05, 4.69) is 0 Å². The number of hydrogen-bond donors (Lipinski definition) is 2. The van der Waals surface area contributed by atoms with Gasteiger partial charge in [0.1, 0.15) is 42.5 Å². The van der Waals surface area contributed by atoms with Crippen LogP contribution in [-0.2, 0) is 22.7 Å². The summed E-state index contributed by atoms with van der Waals surface area (Å²) in [6.07, 6.45) is -1.16. The van der Waals surface area contributed by atoms with Crippen molar-refractivity contribution in [3.63, 3.8) is 0 Å². The minimum atomic E-state index is -1.11. The van der Waals surface area contributed by atoms with Gasteiger partial charge in [-0.05, 0) is 75.2 Å². The quantitative estimate of drug-likeness (QED) is 0.129. The molecule has 0 heterocycles. The Morgan fingerprint density at radius 3 is 1.49 bits per heavy atom. The maximum Gasteiger partial charge on any atom is 0.338 e. The number of hydrogen-bond acceptors (Lipinski definition) is 6. The zero-order valence-corrected chi connectivity index (χ0v) is 31.6. The predicted molar refractivity (Wildman–Crippen MR) is 203 cm³/mol. The lowest BCUT2D eigenvalue weighted by Crippen LogP contribution is -2.09. The molecule has 53 heavy (non-hydrogen) atoms. The number of aliphatic hydroxyl groups excluding tert-OH is 1. The first kappa shape index (κ1) is 42.5. The third-order valence-corrected chi connectivity index (χ3v) is 8.29. The van der Waals surface area contributed by atoms with Crippen LogP contribution in [0.2, 0.25) is 10.0 Å². The summed E-state index contributed by atoms with van der Waals surface area (Å²) in [5, 5.41) is 18.2. The second-order valence-corrected chi connectivity index (χ2v) is 12.8. The van der Waals surface area contributed by atoms with E-state index in [1.165, 1.54) is 42.3 Å². The van der Waals surface area contributed by atoms with E-state index >= 15 is 0 Å². The molecule has 7 nitrogen and oxygen atoms in total. The highest BCUT2D eigenvalue weighted by Crippen LogP contribution is 2.26. The predicted octanol–water partition coefficient (Wildman–Crippen LogP) is 11.2. The number of aryl methyl sites for hydroxylation is 2. The van der Waals surface area contributed by atoms with Crippen LogP contribution in [0.15, 0.2) is 103 Å². The Bertz CT molecular complexity index is 1930. The first-order valence-electron chi connectivity index (χ1n) is 16.7. The van der Waals surface area contributed by atoms with Crippen LogP contribution < -0.4 is 9.47 Å². The molecular weight excluding hydrogens is 725 g/mol. The molecule has 0 amide bonds. The summed E-state index contributed by atoms with van der Waals surface area (Å²) in [7, 11) is 0. The van der Waals surface area contributed by atoms with E-state index in [4.69, 9.17) is 42.5 Å². The van der Waals surface area contributed by atoms with E-state index in [9.17, 15) is 23.5 Å². The van der Waals surface area contributed by atoms with Gasteiger partial charge in [-0.3, -0.25) is 4.79 Å². The Morgan fingerprint density at radius 2 is 1.13 bits per heavy atom. The zero-order chi connectivity index (χ0) is 39.1. The molecule has 0 fully saturated rings. The number of halogens is 4. The lowest BCUT2D eigenvalue weighted by molar-refractivity contribution is -0.148. The number of carboxylic acid groups (broad SMARTS) is 1. The molecule has 280 valence electrons. The summed E-state index contributed by atoms with van der Waals surface area (Å²) < 4.78 is 44.1. The number of rotatable bonds is 11. The summed E-state index contributed by atoms with van der Waals surface area (Å²) in [6.45, 7) is 9.70. The molecule has 0 saturated carbocycles. The lowest BCUT2D eigenvalue weighted by Gasteiger charge is -2.15. The van der Waals surface area contributed by atoms with Crippen molar-refractivity contribution < 1.29 is 42.8 Å². The third kappa shape index (κ3) is 13.8. The molecule has 0 aliphatic rings. The van der Waals surface area contributed by atoms with E-state index in [1.54, 1.807) is 44.2 Å². The smallest absolute Gasteiger partial charge is 0.338 e. The Morgan fingerprint density at radius 1 is 0.698 bits per heavy atom. The van der Waals surface area contributed by atoms with Crippen molar-refractivity contribution in [2.75, 3.05) is 0 Å². The highest BCUT2D eigenvalue weighted by molar-refractivity contribution is 6.39. The van der Waals surface area contributed by atoms with Crippen LogP contribution in [0.3, 0.4) is 0 Å². The maximum absolute atomic E-state index is 14.2. The Labute approximate surface area is 318 Å². The highest BCUT2D eigenvalue weighted by atomic mass is 35.5. The molecule has 2 atom stereocenters. The molecule has 0 aliphatic heterocycles. The minimum absolute atomic E-state index is 0.0455. The summed E-state index contributed by atoms with van der Waals surface area (Å²) >= 11 is 11.1. The standard InChI is InChI=1S/C19H21FO3.C16H17FO2.C7H4Cl2O2/c1-4-19(21)23-14(3)17-10-9-16(11-18(17)20)22-12-15-7-5-13(2)6-8-15;1-11-3-5-13(6-4-11)10-19-14-7-8-15(12(2)18)16(17)9-14;8-4-2-1-3-5(9)6(4)7(10)11/h5-11,14H,4,12H2,1-3H3;3-9,12,18H,10H2,1-2H3;1-3H,(H,10,11). The molecule has 0 spiro atoms. The molecule has 5 aromatic rings. The second-order valence-electron chi connectivity index (χ2n) is 12.0. The molecule has 11 heteroatoms. The fourth-order valence-corrected chi connectivity index (χ4v) is 5.17. The Balaban J connectivity index is 0.000000227. The number of esters is 1.